The smallest absolute Gasteiger partial charge is 0.463 e. The van der Waals surface area contributed by atoms with Crippen LogP contribution in [-0.2, 0) is 61.2 Å². The summed E-state index contributed by atoms with van der Waals surface area (Å²) in [5.74, 6) is -2.02. The second kappa shape index (κ2) is 53.3. The summed E-state index contributed by atoms with van der Waals surface area (Å²) in [4.78, 5) is 50.9. The predicted octanol–water partition coefficient (Wildman–Crippen LogP) is 9.74. The minimum atomic E-state index is -5.70. The molecule has 2 heterocycles. The van der Waals surface area contributed by atoms with Crippen molar-refractivity contribution in [3.63, 3.8) is 0 Å². The predicted molar refractivity (Wildman–Crippen MR) is 361 cm³/mol. The maximum atomic E-state index is 14.3. The Kier molecular flexibility index (Phi) is 48.7. The summed E-state index contributed by atoms with van der Waals surface area (Å²) < 4.78 is 64.9. The number of phosphoric acid groups is 1. The molecule has 0 bridgehead atoms. The summed E-state index contributed by atoms with van der Waals surface area (Å²) >= 11 is 0. The summed E-state index contributed by atoms with van der Waals surface area (Å²) in [6.07, 6.45) is 12.6. The zero-order valence-corrected chi connectivity index (χ0v) is 59.3. The number of ether oxygens (including phenoxy) is 7. The lowest BCUT2D eigenvalue weighted by Crippen LogP contribution is -2.69. The van der Waals surface area contributed by atoms with Crippen molar-refractivity contribution >= 4 is 25.7 Å². The third-order valence-electron chi connectivity index (χ3n) is 18.2. The van der Waals surface area contributed by atoms with Crippen LogP contribution in [0.25, 0.3) is 0 Å². The summed E-state index contributed by atoms with van der Waals surface area (Å²) in [5, 5.41) is 110. The molecule has 25 heteroatoms. The Morgan fingerprint density at radius 1 is 0.396 bits per heavy atom. The molecule has 0 spiro atoms. The molecule has 0 aromatic heterocycles. The van der Waals surface area contributed by atoms with Gasteiger partial charge in [0.15, 0.2) is 18.7 Å². The lowest BCUT2D eigenvalue weighted by Gasteiger charge is -2.49. The zero-order chi connectivity index (χ0) is 70.4. The quantitative estimate of drug-likeness (QED) is 0.00886. The van der Waals surface area contributed by atoms with Crippen molar-refractivity contribution in [2.75, 3.05) is 26.4 Å². The van der Waals surface area contributed by atoms with E-state index < -0.39 is 156 Å². The molecule has 18 atom stereocenters. The maximum Gasteiger partial charge on any atom is 0.472 e. The highest BCUT2D eigenvalue weighted by molar-refractivity contribution is 7.47. The Morgan fingerprint density at radius 3 is 1.14 bits per heavy atom. The van der Waals surface area contributed by atoms with Gasteiger partial charge in [-0.05, 0) is 70.6 Å². The fourth-order valence-corrected chi connectivity index (χ4v) is 13.1. The lowest BCUT2D eigenvalue weighted by atomic mass is 9.84. The highest BCUT2D eigenvalue weighted by Gasteiger charge is 2.58. The fraction of sp³-hybridized carbons (Fsp3) is 0.901. The van der Waals surface area contributed by atoms with Gasteiger partial charge in [0.25, 0.3) is 0 Å². The van der Waals surface area contributed by atoms with E-state index >= 15 is 0 Å². The Bertz CT molecular complexity index is 2090. The van der Waals surface area contributed by atoms with Crippen LogP contribution in [0.15, 0.2) is 24.3 Å². The summed E-state index contributed by atoms with van der Waals surface area (Å²) in [7, 11) is -5.70. The number of hydrogen-bond acceptors (Lipinski definition) is 23. The average molecular weight is 1400 g/mol. The first-order chi connectivity index (χ1) is 46.3. The number of carbonyl (C=O) groups excluding carboxylic acids is 3. The molecule has 1 aliphatic carbocycles. The van der Waals surface area contributed by atoms with Gasteiger partial charge >= 0.3 is 25.7 Å². The Morgan fingerprint density at radius 2 is 0.729 bits per heavy atom. The number of phosphoric ester groups is 1. The van der Waals surface area contributed by atoms with E-state index in [9.17, 15) is 74.9 Å². The molecule has 3 fully saturated rings. The van der Waals surface area contributed by atoms with Crippen molar-refractivity contribution in [2.24, 2.45) is 0 Å². The number of rotatable bonds is 57. The first-order valence-electron chi connectivity index (χ1n) is 37.1. The third kappa shape index (κ3) is 36.4. The zero-order valence-electron chi connectivity index (χ0n) is 58.4. The van der Waals surface area contributed by atoms with Crippen molar-refractivity contribution in [3.8, 4) is 0 Å². The van der Waals surface area contributed by atoms with Gasteiger partial charge in [-0.3, -0.25) is 23.4 Å². The second-order valence-corrected chi connectivity index (χ2v) is 28.1. The largest absolute Gasteiger partial charge is 0.472 e. The van der Waals surface area contributed by atoms with Gasteiger partial charge in [0, 0.05) is 19.3 Å². The normalized spacial score (nSPS) is 28.1. The highest BCUT2D eigenvalue weighted by atomic mass is 31.2. The molecule has 562 valence electrons. The molecular formula is C71H129O24P. The fourth-order valence-electron chi connectivity index (χ4n) is 12.1. The van der Waals surface area contributed by atoms with E-state index in [-0.39, 0.29) is 19.3 Å². The second-order valence-electron chi connectivity index (χ2n) is 26.7. The van der Waals surface area contributed by atoms with Gasteiger partial charge < -0.3 is 89.1 Å². The van der Waals surface area contributed by atoms with E-state index in [1.165, 1.54) is 122 Å². The number of esters is 3. The average Bonchev–Trinajstić information content (AvgIpc) is 0.778. The van der Waals surface area contributed by atoms with Crippen molar-refractivity contribution < 1.29 is 117 Å². The maximum absolute atomic E-state index is 14.3. The minimum Gasteiger partial charge on any atom is -0.463 e. The van der Waals surface area contributed by atoms with E-state index in [4.69, 9.17) is 42.2 Å². The molecule has 11 N–H and O–H groups in total. The molecule has 0 aromatic rings. The highest BCUT2D eigenvalue weighted by Crippen LogP contribution is 2.49. The minimum absolute atomic E-state index is 0.00770. The van der Waals surface area contributed by atoms with E-state index in [0.717, 1.165) is 96.3 Å². The van der Waals surface area contributed by atoms with Crippen LogP contribution < -0.4 is 0 Å². The van der Waals surface area contributed by atoms with E-state index in [1.54, 1.807) is 0 Å². The van der Waals surface area contributed by atoms with Crippen LogP contribution in [-0.4, -0.2) is 204 Å². The topological polar surface area (TPSA) is 374 Å². The van der Waals surface area contributed by atoms with Crippen LogP contribution in [0.5, 0.6) is 0 Å². The van der Waals surface area contributed by atoms with E-state index in [1.807, 2.05) is 0 Å². The molecule has 18 unspecified atom stereocenters. The van der Waals surface area contributed by atoms with Crippen LogP contribution in [0.4, 0.5) is 0 Å². The summed E-state index contributed by atoms with van der Waals surface area (Å²) in [5.41, 5.74) is 0. The van der Waals surface area contributed by atoms with Crippen molar-refractivity contribution in [1.82, 2.24) is 0 Å². The van der Waals surface area contributed by atoms with Crippen molar-refractivity contribution in [3.05, 3.63) is 24.3 Å². The number of aliphatic hydroxyl groups is 10. The molecule has 3 rings (SSSR count). The number of carbonyl (C=O) groups is 3. The van der Waals surface area contributed by atoms with Crippen LogP contribution in [0.1, 0.15) is 278 Å². The molecule has 96 heavy (non-hydrogen) atoms. The van der Waals surface area contributed by atoms with Crippen molar-refractivity contribution in [1.29, 1.82) is 0 Å². The standard InChI is InChI=1S/C71H129O24P/c1-4-7-10-13-16-19-22-25-28-31-33-36-39-42-45-55(73)87-49-52(90-57(75)47-44-41-38-35-32-29-26-23-20-17-14-11-8-5-2)50-89-96(85,86)95-69-67(93-70-65(83)60(78)58(76)53(48-72)91-70)63(81)62(80)64(82)68(69)94-71-66(84)61(79)59(77)54(92-71)51-88-56(74)46-43-40-37-34-30-27-24-21-18-15-12-9-6-3/h27-28,30-31,52-54,58-72,76-84H,4-26,29,32-51H2,1-3H3,(H,85,86)/b30-27-,31-28-. The SMILES string of the molecule is CCCCCCCC/C=C\CCCCCC(=O)OCC1OC(OC2C(O)C(O)C(O)C(OC3OC(CO)C(O)C(O)C3O)C2OP(=O)(O)OCC(COC(=O)CCCCC/C=C\CCCCCCCCC)OC(=O)CCCCCCCCCCCCCCCC)C(O)C(O)C1O. The number of allylic oxidation sites excluding steroid dienone is 4. The Balaban J connectivity index is 1.75. The van der Waals surface area contributed by atoms with Crippen LogP contribution in [0.3, 0.4) is 0 Å². The van der Waals surface area contributed by atoms with Crippen molar-refractivity contribution in [2.45, 2.75) is 382 Å². The van der Waals surface area contributed by atoms with Gasteiger partial charge in [-0.15, -0.1) is 0 Å². The molecule has 1 saturated carbocycles. The lowest BCUT2D eigenvalue weighted by molar-refractivity contribution is -0.360. The first-order valence-corrected chi connectivity index (χ1v) is 38.6. The molecule has 2 saturated heterocycles. The third-order valence-corrected chi connectivity index (χ3v) is 19.2. The molecule has 0 aromatic carbocycles. The molecule has 2 aliphatic heterocycles. The van der Waals surface area contributed by atoms with Gasteiger partial charge in [-0.2, -0.15) is 0 Å². The molecular weight excluding hydrogens is 1270 g/mol. The van der Waals surface area contributed by atoms with Gasteiger partial charge in [0.05, 0.1) is 13.2 Å². The molecule has 0 amide bonds. The van der Waals surface area contributed by atoms with Gasteiger partial charge in [-0.1, -0.05) is 212 Å². The van der Waals surface area contributed by atoms with Gasteiger partial charge in [0.1, 0.15) is 98.7 Å². The molecule has 24 nitrogen and oxygen atoms in total. The summed E-state index contributed by atoms with van der Waals surface area (Å²) in [6, 6.07) is 0. The number of unbranched alkanes of at least 4 members (excludes halogenated alkanes) is 32. The molecule has 3 aliphatic rings. The first kappa shape index (κ1) is 87.7. The van der Waals surface area contributed by atoms with Crippen LogP contribution in [0.2, 0.25) is 0 Å². The number of aliphatic hydroxyl groups excluding tert-OH is 10. The van der Waals surface area contributed by atoms with Crippen LogP contribution >= 0.6 is 7.82 Å². The Hall–Kier alpha value is -2.56. The van der Waals surface area contributed by atoms with E-state index in [2.05, 4.69) is 45.1 Å². The van der Waals surface area contributed by atoms with E-state index in [0.29, 0.717) is 19.3 Å². The summed E-state index contributed by atoms with van der Waals surface area (Å²) in [6.45, 7) is 3.40. The van der Waals surface area contributed by atoms with Gasteiger partial charge in [-0.25, -0.2) is 4.57 Å². The molecule has 0 radical (unpaired) electrons. The monoisotopic (exact) mass is 1400 g/mol. The van der Waals surface area contributed by atoms with Gasteiger partial charge in [0.2, 0.25) is 0 Å². The van der Waals surface area contributed by atoms with Crippen LogP contribution in [0, 0.1) is 0 Å². The Labute approximate surface area is 573 Å². The number of hydrogen-bond donors (Lipinski definition) is 11.